The van der Waals surface area contributed by atoms with Crippen LogP contribution in [0, 0.1) is 0 Å². The Hall–Kier alpha value is -4.44. The van der Waals surface area contributed by atoms with E-state index in [1.54, 1.807) is 32.0 Å². The predicted octanol–water partition coefficient (Wildman–Crippen LogP) is 8.48. The molecule has 0 aliphatic carbocycles. The minimum atomic E-state index is -1.26. The SMILES string of the molecule is CCCCc1oc2ccc(OC(=O)OC(C)C)cc2c1C(=O)c1ccc(CCCN(CCCC)CCCC)cc1.O=C(O)/C=C/C(=O)O. The molecule has 10 nitrogen and oxygen atoms in total. The average molecular weight is 666 g/mol. The Labute approximate surface area is 283 Å². The lowest BCUT2D eigenvalue weighted by atomic mass is 9.97. The highest BCUT2D eigenvalue weighted by atomic mass is 16.7. The molecule has 0 unspecified atom stereocenters. The number of hydrogen-bond acceptors (Lipinski definition) is 8. The summed E-state index contributed by atoms with van der Waals surface area (Å²) < 4.78 is 16.6. The zero-order valence-electron chi connectivity index (χ0n) is 29.0. The highest BCUT2D eigenvalue weighted by Crippen LogP contribution is 2.32. The number of carboxylic acid groups (broad SMARTS) is 2. The first-order chi connectivity index (χ1) is 23.0. The first-order valence-electron chi connectivity index (χ1n) is 16.9. The van der Waals surface area contributed by atoms with E-state index in [0.717, 1.165) is 32.2 Å². The second-order valence-electron chi connectivity index (χ2n) is 11.9. The van der Waals surface area contributed by atoms with Crippen molar-refractivity contribution < 1.29 is 43.3 Å². The number of rotatable bonds is 19. The smallest absolute Gasteiger partial charge is 0.478 e. The third-order valence-electron chi connectivity index (χ3n) is 7.43. The molecule has 3 rings (SSSR count). The van der Waals surface area contributed by atoms with Gasteiger partial charge >= 0.3 is 18.1 Å². The Balaban J connectivity index is 0.000000886. The molecule has 2 N–H and O–H groups in total. The van der Waals surface area contributed by atoms with E-state index in [-0.39, 0.29) is 11.9 Å². The van der Waals surface area contributed by atoms with Gasteiger partial charge in [0.15, 0.2) is 5.78 Å². The van der Waals surface area contributed by atoms with E-state index in [2.05, 4.69) is 37.8 Å². The molecule has 0 aliphatic heterocycles. The summed E-state index contributed by atoms with van der Waals surface area (Å²) in [4.78, 5) is 47.5. The number of nitrogens with zero attached hydrogens (tertiary/aromatic N) is 1. The molecule has 1 heterocycles. The fourth-order valence-electron chi connectivity index (χ4n) is 4.98. The van der Waals surface area contributed by atoms with Gasteiger partial charge in [0.1, 0.15) is 17.1 Å². The molecule has 0 aliphatic rings. The maximum atomic E-state index is 13.8. The number of hydrogen-bond donors (Lipinski definition) is 2. The van der Waals surface area contributed by atoms with E-state index in [1.807, 2.05) is 12.1 Å². The first kappa shape index (κ1) is 39.7. The second-order valence-corrected chi connectivity index (χ2v) is 11.9. The van der Waals surface area contributed by atoms with Crippen LogP contribution in [0.3, 0.4) is 0 Å². The topological polar surface area (TPSA) is 144 Å². The number of furan rings is 1. The Morgan fingerprint density at radius 1 is 0.792 bits per heavy atom. The molecular weight excluding hydrogens is 614 g/mol. The van der Waals surface area contributed by atoms with Gasteiger partial charge in [0.2, 0.25) is 0 Å². The van der Waals surface area contributed by atoms with Crippen molar-refractivity contribution in [3.8, 4) is 5.75 Å². The third-order valence-corrected chi connectivity index (χ3v) is 7.43. The van der Waals surface area contributed by atoms with E-state index in [9.17, 15) is 19.2 Å². The molecule has 0 fully saturated rings. The third kappa shape index (κ3) is 14.1. The summed E-state index contributed by atoms with van der Waals surface area (Å²) in [6.45, 7) is 13.6. The molecule has 0 spiro atoms. The maximum Gasteiger partial charge on any atom is 0.514 e. The molecule has 0 bridgehead atoms. The van der Waals surface area contributed by atoms with Crippen molar-refractivity contribution in [3.63, 3.8) is 0 Å². The number of carbonyl (C=O) groups is 4. The molecule has 3 aromatic rings. The molecule has 0 atom stereocenters. The molecule has 48 heavy (non-hydrogen) atoms. The number of carboxylic acids is 2. The second kappa shape index (κ2) is 21.4. The number of ketones is 1. The number of ether oxygens (including phenoxy) is 2. The molecule has 0 saturated heterocycles. The fourth-order valence-corrected chi connectivity index (χ4v) is 4.98. The fraction of sp³-hybridized carbons (Fsp3) is 0.474. The van der Waals surface area contributed by atoms with Crippen molar-refractivity contribution in [1.82, 2.24) is 4.90 Å². The quantitative estimate of drug-likeness (QED) is 0.0554. The largest absolute Gasteiger partial charge is 0.514 e. The normalized spacial score (nSPS) is 11.1. The highest BCUT2D eigenvalue weighted by Gasteiger charge is 2.23. The monoisotopic (exact) mass is 665 g/mol. The van der Waals surface area contributed by atoms with Gasteiger partial charge in [-0.3, -0.25) is 4.79 Å². The number of aryl methyl sites for hydroxylation is 2. The maximum absolute atomic E-state index is 13.8. The lowest BCUT2D eigenvalue weighted by molar-refractivity contribution is -0.134. The Bertz CT molecular complexity index is 1460. The molecule has 0 amide bonds. The lowest BCUT2D eigenvalue weighted by Gasteiger charge is -2.21. The number of unbranched alkanes of at least 4 members (excludes halogenated alkanes) is 3. The van der Waals surface area contributed by atoms with Crippen LogP contribution in [0.4, 0.5) is 4.79 Å². The van der Waals surface area contributed by atoms with Crippen LogP contribution in [0.1, 0.15) is 107 Å². The molecule has 0 saturated carbocycles. The molecule has 2 aromatic carbocycles. The van der Waals surface area contributed by atoms with Gasteiger partial charge in [-0.1, -0.05) is 64.3 Å². The molecule has 1 aromatic heterocycles. The summed E-state index contributed by atoms with van der Waals surface area (Å²) in [6, 6.07) is 13.1. The Morgan fingerprint density at radius 3 is 1.92 bits per heavy atom. The van der Waals surface area contributed by atoms with Gasteiger partial charge in [0.25, 0.3) is 0 Å². The van der Waals surface area contributed by atoms with Crippen molar-refractivity contribution in [1.29, 1.82) is 0 Å². The summed E-state index contributed by atoms with van der Waals surface area (Å²) in [5.74, 6) is -1.60. The van der Waals surface area contributed by atoms with Gasteiger partial charge in [-0.15, -0.1) is 0 Å². The van der Waals surface area contributed by atoms with Crippen molar-refractivity contribution in [2.24, 2.45) is 0 Å². The van der Waals surface area contributed by atoms with Gasteiger partial charge in [0, 0.05) is 29.5 Å². The predicted molar refractivity (Wildman–Crippen MR) is 186 cm³/mol. The van der Waals surface area contributed by atoms with Crippen LogP contribution in [0.15, 0.2) is 59.0 Å². The summed E-state index contributed by atoms with van der Waals surface area (Å²) in [5.41, 5.74) is 3.01. The summed E-state index contributed by atoms with van der Waals surface area (Å²) >= 11 is 0. The van der Waals surface area contributed by atoms with Crippen LogP contribution in [-0.4, -0.2) is 64.7 Å². The van der Waals surface area contributed by atoms with Gasteiger partial charge in [0.05, 0.1) is 11.7 Å². The summed E-state index contributed by atoms with van der Waals surface area (Å²) in [7, 11) is 0. The van der Waals surface area contributed by atoms with Crippen molar-refractivity contribution in [3.05, 3.63) is 77.1 Å². The van der Waals surface area contributed by atoms with Crippen LogP contribution in [0.2, 0.25) is 0 Å². The van der Waals surface area contributed by atoms with Gasteiger partial charge in [-0.2, -0.15) is 0 Å². The number of carbonyl (C=O) groups excluding carboxylic acids is 2. The number of aliphatic carboxylic acids is 2. The Morgan fingerprint density at radius 2 is 1.38 bits per heavy atom. The highest BCUT2D eigenvalue weighted by molar-refractivity contribution is 6.17. The first-order valence-corrected chi connectivity index (χ1v) is 16.9. The standard InChI is InChI=1S/C34H47NO5.C4H4O4/c1-6-9-14-31-32(29-24-28(19-20-30(29)40-31)39-34(37)38-25(4)5)33(36)27-17-15-26(16-18-27)13-12-23-35(21-10-7-2)22-11-8-3;5-3(6)1-2-4(7)8/h15-20,24-25H,6-14,21-23H2,1-5H3;1-2H,(H,5,6)(H,7,8)/b;2-1+. The van der Waals surface area contributed by atoms with Crippen LogP contribution in [-0.2, 0) is 27.2 Å². The van der Waals surface area contributed by atoms with Crippen LogP contribution in [0.5, 0.6) is 5.75 Å². The van der Waals surface area contributed by atoms with Crippen molar-refractivity contribution in [2.45, 2.75) is 98.5 Å². The average Bonchev–Trinajstić information content (AvgIpc) is 3.41. The van der Waals surface area contributed by atoms with Crippen LogP contribution in [0.25, 0.3) is 11.0 Å². The number of benzene rings is 2. The molecule has 262 valence electrons. The van der Waals surface area contributed by atoms with Crippen LogP contribution >= 0.6 is 0 Å². The van der Waals surface area contributed by atoms with Crippen LogP contribution < -0.4 is 4.74 Å². The van der Waals surface area contributed by atoms with E-state index < -0.39 is 18.1 Å². The lowest BCUT2D eigenvalue weighted by Crippen LogP contribution is -2.27. The van der Waals surface area contributed by atoms with E-state index in [1.165, 1.54) is 44.3 Å². The molecule has 10 heteroatoms. The minimum absolute atomic E-state index is 0.0800. The zero-order chi connectivity index (χ0) is 35.5. The van der Waals surface area contributed by atoms with Gasteiger partial charge in [-0.05, 0) is 89.3 Å². The van der Waals surface area contributed by atoms with E-state index in [0.29, 0.717) is 52.2 Å². The summed E-state index contributed by atoms with van der Waals surface area (Å²) in [6.07, 6.45) is 9.68. The van der Waals surface area contributed by atoms with Gasteiger partial charge < -0.3 is 29.0 Å². The van der Waals surface area contributed by atoms with Crippen molar-refractivity contribution in [2.75, 3.05) is 19.6 Å². The molecular formula is C38H51NO9. The zero-order valence-corrected chi connectivity index (χ0v) is 29.0. The van der Waals surface area contributed by atoms with Crippen molar-refractivity contribution >= 4 is 34.8 Å². The number of fused-ring (bicyclic) bond motifs is 1. The van der Waals surface area contributed by atoms with Gasteiger partial charge in [-0.25, -0.2) is 14.4 Å². The minimum Gasteiger partial charge on any atom is -0.478 e. The molecule has 0 radical (unpaired) electrons. The Kier molecular flexibility index (Phi) is 17.7. The van der Waals surface area contributed by atoms with E-state index in [4.69, 9.17) is 24.1 Å². The summed E-state index contributed by atoms with van der Waals surface area (Å²) in [5, 5.41) is 16.3. The van der Waals surface area contributed by atoms with E-state index >= 15 is 0 Å².